The Labute approximate surface area is 234 Å². The Kier molecular flexibility index (Phi) is 9.45. The van der Waals surface area contributed by atoms with Gasteiger partial charge in [-0.05, 0) is 113 Å². The molecule has 4 nitrogen and oxygen atoms in total. The van der Waals surface area contributed by atoms with Crippen LogP contribution in [0.25, 0.3) is 0 Å². The van der Waals surface area contributed by atoms with E-state index in [0.29, 0.717) is 29.5 Å². The molecule has 11 atom stereocenters. The van der Waals surface area contributed by atoms with E-state index < -0.39 is 0 Å². The molecule has 0 radical (unpaired) electrons. The molecule has 38 heavy (non-hydrogen) atoms. The molecule has 218 valence electrons. The first-order valence-electron chi connectivity index (χ1n) is 16.6. The summed E-state index contributed by atoms with van der Waals surface area (Å²) in [5.41, 5.74) is 4.04. The van der Waals surface area contributed by atoms with Crippen LogP contribution in [0.5, 0.6) is 0 Å². The first kappa shape index (κ1) is 30.1. The lowest BCUT2D eigenvalue weighted by Crippen LogP contribution is -2.50. The van der Waals surface area contributed by atoms with Gasteiger partial charge in [-0.2, -0.15) is 0 Å². The summed E-state index contributed by atoms with van der Waals surface area (Å²) in [6, 6.07) is 0.952. The van der Waals surface area contributed by atoms with Gasteiger partial charge in [0.25, 0.3) is 0 Å². The Morgan fingerprint density at radius 2 is 1.76 bits per heavy atom. The summed E-state index contributed by atoms with van der Waals surface area (Å²) in [5, 5.41) is 7.11. The van der Waals surface area contributed by atoms with Gasteiger partial charge in [-0.3, -0.25) is 4.79 Å². The summed E-state index contributed by atoms with van der Waals surface area (Å²) < 4.78 is 7.05. The van der Waals surface area contributed by atoms with E-state index in [1.165, 1.54) is 57.8 Å². The lowest BCUT2D eigenvalue weighted by atomic mass is 9.52. The molecule has 0 aromatic heterocycles. The van der Waals surface area contributed by atoms with Crippen molar-refractivity contribution in [3.8, 4) is 0 Å². The molecular weight excluding hydrogens is 468 g/mol. The summed E-state index contributed by atoms with van der Waals surface area (Å²) in [4.78, 5) is 11.7. The molecule has 5 fully saturated rings. The van der Waals surface area contributed by atoms with Gasteiger partial charge < -0.3 is 15.4 Å². The second kappa shape index (κ2) is 11.9. The van der Waals surface area contributed by atoms with Crippen LogP contribution < -0.4 is 10.6 Å². The number of ether oxygens (including phenoxy) is 1. The highest BCUT2D eigenvalue weighted by Crippen LogP contribution is 2.65. The third-order valence-corrected chi connectivity index (χ3v) is 12.0. The van der Waals surface area contributed by atoms with Crippen LogP contribution in [0.4, 0.5) is 0 Å². The largest absolute Gasteiger partial charge is 0.369 e. The highest BCUT2D eigenvalue weighted by Gasteiger charge is 2.59. The number of piperidine rings is 1. The van der Waals surface area contributed by atoms with Crippen molar-refractivity contribution in [3.63, 3.8) is 0 Å². The molecule has 2 N–H and O–H groups in total. The fourth-order valence-electron chi connectivity index (χ4n) is 10.2. The zero-order valence-corrected chi connectivity index (χ0v) is 26.3. The number of nitrogens with one attached hydrogen (secondary N) is 2. The first-order chi connectivity index (χ1) is 18.2. The van der Waals surface area contributed by atoms with Crippen molar-refractivity contribution in [1.29, 1.82) is 0 Å². The van der Waals surface area contributed by atoms with Gasteiger partial charge in [-0.1, -0.05) is 59.6 Å². The minimum atomic E-state index is 0.0564. The predicted molar refractivity (Wildman–Crippen MR) is 159 cm³/mol. The van der Waals surface area contributed by atoms with E-state index in [1.54, 1.807) is 12.5 Å². The van der Waals surface area contributed by atoms with Crippen LogP contribution in [0.15, 0.2) is 11.1 Å². The summed E-state index contributed by atoms with van der Waals surface area (Å²) >= 11 is 0. The van der Waals surface area contributed by atoms with Gasteiger partial charge in [-0.25, -0.2) is 0 Å². The maximum absolute atomic E-state index is 11.7. The number of hydrogen-bond donors (Lipinski definition) is 2. The van der Waals surface area contributed by atoms with E-state index in [9.17, 15) is 4.79 Å². The number of carbonyl (C=O) groups is 1. The maximum atomic E-state index is 11.7. The van der Waals surface area contributed by atoms with Crippen LogP contribution in [0.3, 0.4) is 0 Å². The van der Waals surface area contributed by atoms with E-state index in [1.807, 2.05) is 33.3 Å². The second-order valence-electron chi connectivity index (χ2n) is 13.8. The van der Waals surface area contributed by atoms with Crippen LogP contribution in [-0.2, 0) is 9.53 Å². The van der Waals surface area contributed by atoms with E-state index in [2.05, 4.69) is 38.3 Å². The lowest BCUT2D eigenvalue weighted by molar-refractivity contribution is -0.121. The summed E-state index contributed by atoms with van der Waals surface area (Å²) in [5.74, 6) is 4.77. The third-order valence-electron chi connectivity index (χ3n) is 12.0. The van der Waals surface area contributed by atoms with Gasteiger partial charge in [0.2, 0.25) is 5.91 Å². The quantitative estimate of drug-likeness (QED) is 0.343. The highest BCUT2D eigenvalue weighted by atomic mass is 16.5. The Bertz CT molecular complexity index is 869. The van der Waals surface area contributed by atoms with Gasteiger partial charge >= 0.3 is 0 Å². The smallest absolute Gasteiger partial charge is 0.217 e. The van der Waals surface area contributed by atoms with Gasteiger partial charge in [0.15, 0.2) is 0 Å². The molecule has 0 aromatic carbocycles. The average Bonchev–Trinajstić information content (AvgIpc) is 3.36. The molecular formula is C34H60N2O2. The van der Waals surface area contributed by atoms with Gasteiger partial charge in [0.05, 0.1) is 11.7 Å². The van der Waals surface area contributed by atoms with Gasteiger partial charge in [0, 0.05) is 24.9 Å². The van der Waals surface area contributed by atoms with E-state index in [0.717, 1.165) is 42.6 Å². The Hall–Kier alpha value is -0.870. The van der Waals surface area contributed by atoms with Crippen LogP contribution in [-0.4, -0.2) is 36.2 Å². The fourth-order valence-corrected chi connectivity index (χ4v) is 10.2. The first-order valence-corrected chi connectivity index (χ1v) is 16.6. The average molecular weight is 529 g/mol. The Morgan fingerprint density at radius 1 is 1.03 bits per heavy atom. The molecule has 2 saturated heterocycles. The Balaban J connectivity index is 0.000000804. The van der Waals surface area contributed by atoms with Crippen molar-refractivity contribution in [3.05, 3.63) is 11.1 Å². The molecule has 0 aromatic rings. The minimum Gasteiger partial charge on any atom is -0.369 e. The zero-order valence-electron chi connectivity index (χ0n) is 26.3. The molecule has 4 heteroatoms. The maximum Gasteiger partial charge on any atom is 0.217 e. The number of allylic oxidation sites excluding steroid dienone is 1. The van der Waals surface area contributed by atoms with Crippen molar-refractivity contribution in [1.82, 2.24) is 10.6 Å². The van der Waals surface area contributed by atoms with Crippen LogP contribution in [0.1, 0.15) is 127 Å². The third kappa shape index (κ3) is 5.15. The lowest BCUT2D eigenvalue weighted by Gasteiger charge is -2.54. The zero-order chi connectivity index (χ0) is 27.8. The number of fused-ring (bicyclic) bond motifs is 6. The van der Waals surface area contributed by atoms with Gasteiger partial charge in [-0.15, -0.1) is 0 Å². The minimum absolute atomic E-state index is 0.0564. The fraction of sp³-hybridized carbons (Fsp3) is 0.912. The second-order valence-corrected chi connectivity index (χ2v) is 13.8. The Morgan fingerprint density at radius 3 is 2.47 bits per heavy atom. The SMILES string of the molecule is CC.CC.CC(=O)NC1CCC2(C)C(CCC3C4CCC5(CC(C)=C4CC32)OC2CC(C)CNC2C5C)C1. The summed E-state index contributed by atoms with van der Waals surface area (Å²) in [6.45, 7) is 20.8. The van der Waals surface area contributed by atoms with Crippen molar-refractivity contribution in [2.24, 2.45) is 40.9 Å². The molecule has 11 unspecified atom stereocenters. The molecule has 2 heterocycles. The summed E-state index contributed by atoms with van der Waals surface area (Å²) in [7, 11) is 0. The molecule has 4 aliphatic carbocycles. The number of rotatable bonds is 1. The van der Waals surface area contributed by atoms with E-state index in [-0.39, 0.29) is 11.5 Å². The molecule has 6 rings (SSSR count). The van der Waals surface area contributed by atoms with Crippen molar-refractivity contribution < 1.29 is 9.53 Å². The van der Waals surface area contributed by atoms with Crippen molar-refractivity contribution in [2.75, 3.05) is 6.54 Å². The molecule has 6 aliphatic rings. The normalized spacial score (nSPS) is 47.2. The number of amides is 1. The molecule has 1 amide bonds. The van der Waals surface area contributed by atoms with Gasteiger partial charge in [0.1, 0.15) is 0 Å². The number of carbonyl (C=O) groups excluding carboxylic acids is 1. The van der Waals surface area contributed by atoms with Crippen LogP contribution in [0, 0.1) is 40.9 Å². The standard InChI is InChI=1S/C30H48N2O2.2C2H6/c1-17-12-27-28(31-16-17)19(3)30(34-27)11-9-23-24-7-6-21-13-22(32-20(4)33)8-10-29(21,5)26(24)14-25(23)18(2)15-30;2*1-2/h17,19,21-24,26-28,31H,6-16H2,1-5H3,(H,32,33);2*1-2H3. The van der Waals surface area contributed by atoms with E-state index >= 15 is 0 Å². The van der Waals surface area contributed by atoms with Crippen LogP contribution in [0.2, 0.25) is 0 Å². The summed E-state index contributed by atoms with van der Waals surface area (Å²) in [6.07, 6.45) is 13.1. The molecule has 1 spiro atoms. The highest BCUT2D eigenvalue weighted by molar-refractivity contribution is 5.73. The number of hydrogen-bond acceptors (Lipinski definition) is 3. The monoisotopic (exact) mass is 528 g/mol. The molecule has 2 aliphatic heterocycles. The molecule has 0 bridgehead atoms. The van der Waals surface area contributed by atoms with Crippen LogP contribution >= 0.6 is 0 Å². The van der Waals surface area contributed by atoms with Crippen molar-refractivity contribution in [2.45, 2.75) is 150 Å². The predicted octanol–water partition coefficient (Wildman–Crippen LogP) is 7.67. The van der Waals surface area contributed by atoms with Crippen molar-refractivity contribution >= 4 is 5.91 Å². The van der Waals surface area contributed by atoms with E-state index in [4.69, 9.17) is 4.74 Å². The molecule has 3 saturated carbocycles. The topological polar surface area (TPSA) is 50.4 Å².